The Morgan fingerprint density at radius 3 is 2.45 bits per heavy atom. The van der Waals surface area contributed by atoms with Crippen LogP contribution in [0.15, 0.2) is 12.1 Å². The lowest BCUT2D eigenvalue weighted by atomic mass is 10.0. The quantitative estimate of drug-likeness (QED) is 0.626. The maximum Gasteiger partial charge on any atom is 0.299 e. The lowest BCUT2D eigenvalue weighted by Crippen LogP contribution is -2.38. The zero-order chi connectivity index (χ0) is 14.9. The molecule has 7 heteroatoms. The standard InChI is InChI=1S/C13H17N3O4/c1-9-7-11(15(17)18)8-12(16(19)20)13(9)14-6-4-3-5-10(14)2/h7-8,10H,3-6H2,1-2H3. The molecular weight excluding hydrogens is 262 g/mol. The van der Waals surface area contributed by atoms with Gasteiger partial charge in [0.25, 0.3) is 11.4 Å². The molecule has 1 heterocycles. The summed E-state index contributed by atoms with van der Waals surface area (Å²) in [6, 6.07) is 2.68. The van der Waals surface area contributed by atoms with E-state index < -0.39 is 9.85 Å². The fourth-order valence-electron chi connectivity index (χ4n) is 2.79. The average Bonchev–Trinajstić information content (AvgIpc) is 2.38. The van der Waals surface area contributed by atoms with E-state index >= 15 is 0 Å². The normalized spacial score (nSPS) is 18.9. The van der Waals surface area contributed by atoms with Gasteiger partial charge in [-0.2, -0.15) is 0 Å². The molecular formula is C13H17N3O4. The molecule has 0 radical (unpaired) electrons. The van der Waals surface area contributed by atoms with Crippen LogP contribution in [0.1, 0.15) is 31.7 Å². The van der Waals surface area contributed by atoms with Gasteiger partial charge in [0.05, 0.1) is 15.9 Å². The number of nitro benzene ring substituents is 2. The van der Waals surface area contributed by atoms with Crippen molar-refractivity contribution < 1.29 is 9.85 Å². The number of anilines is 1. The summed E-state index contributed by atoms with van der Waals surface area (Å²) in [5.74, 6) is 0. The molecule has 1 fully saturated rings. The number of nitrogens with zero attached hydrogens (tertiary/aromatic N) is 3. The van der Waals surface area contributed by atoms with Gasteiger partial charge in [0.15, 0.2) is 0 Å². The monoisotopic (exact) mass is 279 g/mol. The number of aryl methyl sites for hydroxylation is 1. The van der Waals surface area contributed by atoms with Crippen molar-refractivity contribution in [1.29, 1.82) is 0 Å². The van der Waals surface area contributed by atoms with Gasteiger partial charge in [0.2, 0.25) is 0 Å². The molecule has 1 aromatic rings. The number of piperidine rings is 1. The first-order chi connectivity index (χ1) is 9.41. The Labute approximate surface area is 116 Å². The van der Waals surface area contributed by atoms with Crippen LogP contribution in [0.25, 0.3) is 0 Å². The van der Waals surface area contributed by atoms with Crippen molar-refractivity contribution in [2.24, 2.45) is 0 Å². The van der Waals surface area contributed by atoms with Crippen LogP contribution in [0.4, 0.5) is 17.1 Å². The molecule has 0 aliphatic carbocycles. The van der Waals surface area contributed by atoms with Gasteiger partial charge in [0.1, 0.15) is 5.69 Å². The number of benzene rings is 1. The molecule has 20 heavy (non-hydrogen) atoms. The van der Waals surface area contributed by atoms with Gasteiger partial charge in [-0.3, -0.25) is 20.2 Å². The van der Waals surface area contributed by atoms with Gasteiger partial charge < -0.3 is 4.90 Å². The van der Waals surface area contributed by atoms with Crippen LogP contribution in [0, 0.1) is 27.2 Å². The molecule has 0 bridgehead atoms. The molecule has 1 unspecified atom stereocenters. The van der Waals surface area contributed by atoms with E-state index in [1.165, 1.54) is 6.07 Å². The minimum absolute atomic E-state index is 0.176. The summed E-state index contributed by atoms with van der Waals surface area (Å²) in [6.07, 6.45) is 3.07. The minimum atomic E-state index is -0.594. The fraction of sp³-hybridized carbons (Fsp3) is 0.538. The Morgan fingerprint density at radius 2 is 1.90 bits per heavy atom. The molecule has 7 nitrogen and oxygen atoms in total. The molecule has 1 aliphatic heterocycles. The van der Waals surface area contributed by atoms with Gasteiger partial charge in [-0.1, -0.05) is 0 Å². The fourth-order valence-corrected chi connectivity index (χ4v) is 2.79. The molecule has 108 valence electrons. The third-order valence-electron chi connectivity index (χ3n) is 3.76. The molecule has 0 amide bonds. The minimum Gasteiger partial charge on any atom is -0.363 e. The largest absolute Gasteiger partial charge is 0.363 e. The average molecular weight is 279 g/mol. The van der Waals surface area contributed by atoms with Crippen LogP contribution < -0.4 is 4.90 Å². The Balaban J connectivity index is 2.56. The number of non-ortho nitro benzene ring substituents is 1. The molecule has 1 aliphatic rings. The zero-order valence-electron chi connectivity index (χ0n) is 11.5. The second-order valence-electron chi connectivity index (χ2n) is 5.18. The molecule has 1 atom stereocenters. The summed E-state index contributed by atoms with van der Waals surface area (Å²) in [5, 5.41) is 22.1. The van der Waals surface area contributed by atoms with Gasteiger partial charge in [0, 0.05) is 18.7 Å². The van der Waals surface area contributed by atoms with Crippen molar-refractivity contribution in [3.05, 3.63) is 37.9 Å². The van der Waals surface area contributed by atoms with Crippen molar-refractivity contribution in [2.45, 2.75) is 39.2 Å². The zero-order valence-corrected chi connectivity index (χ0v) is 11.5. The van der Waals surface area contributed by atoms with Crippen molar-refractivity contribution >= 4 is 17.1 Å². The summed E-state index contributed by atoms with van der Waals surface area (Å²) < 4.78 is 0. The Bertz CT molecular complexity index is 559. The van der Waals surface area contributed by atoms with Crippen molar-refractivity contribution in [2.75, 3.05) is 11.4 Å². The van der Waals surface area contributed by atoms with E-state index in [0.717, 1.165) is 31.9 Å². The van der Waals surface area contributed by atoms with Crippen LogP contribution in [0.2, 0.25) is 0 Å². The van der Waals surface area contributed by atoms with Gasteiger partial charge in [-0.25, -0.2) is 0 Å². The SMILES string of the molecule is Cc1cc([N+](=O)[O-])cc([N+](=O)[O-])c1N1CCCCC1C. The molecule has 0 spiro atoms. The predicted octanol–water partition coefficient (Wildman–Crippen LogP) is 3.19. The van der Waals surface area contributed by atoms with E-state index in [4.69, 9.17) is 0 Å². The Hall–Kier alpha value is -2.18. The first-order valence-electron chi connectivity index (χ1n) is 6.62. The lowest BCUT2D eigenvalue weighted by molar-refractivity contribution is -0.393. The van der Waals surface area contributed by atoms with E-state index in [2.05, 4.69) is 0 Å². The first-order valence-corrected chi connectivity index (χ1v) is 6.62. The predicted molar refractivity (Wildman–Crippen MR) is 75.1 cm³/mol. The van der Waals surface area contributed by atoms with E-state index in [1.54, 1.807) is 6.92 Å². The van der Waals surface area contributed by atoms with Gasteiger partial charge in [-0.05, 0) is 38.7 Å². The topological polar surface area (TPSA) is 89.5 Å². The highest BCUT2D eigenvalue weighted by atomic mass is 16.6. The molecule has 0 aromatic heterocycles. The number of rotatable bonds is 3. The second kappa shape index (κ2) is 5.44. The van der Waals surface area contributed by atoms with Crippen LogP contribution in [0.3, 0.4) is 0 Å². The van der Waals surface area contributed by atoms with E-state index in [0.29, 0.717) is 11.3 Å². The first kappa shape index (κ1) is 14.2. The van der Waals surface area contributed by atoms with Gasteiger partial charge >= 0.3 is 0 Å². The summed E-state index contributed by atoms with van der Waals surface area (Å²) >= 11 is 0. The lowest BCUT2D eigenvalue weighted by Gasteiger charge is -2.35. The van der Waals surface area contributed by atoms with E-state index in [-0.39, 0.29) is 17.4 Å². The van der Waals surface area contributed by atoms with Crippen molar-refractivity contribution in [1.82, 2.24) is 0 Å². The van der Waals surface area contributed by atoms with Crippen LogP contribution >= 0.6 is 0 Å². The van der Waals surface area contributed by atoms with E-state index in [1.807, 2.05) is 11.8 Å². The van der Waals surface area contributed by atoms with Crippen LogP contribution in [-0.2, 0) is 0 Å². The number of hydrogen-bond acceptors (Lipinski definition) is 5. The molecule has 1 saturated heterocycles. The maximum atomic E-state index is 11.3. The summed E-state index contributed by atoms with van der Waals surface area (Å²) in [4.78, 5) is 23.0. The smallest absolute Gasteiger partial charge is 0.299 e. The second-order valence-corrected chi connectivity index (χ2v) is 5.18. The number of hydrogen-bond donors (Lipinski definition) is 0. The van der Waals surface area contributed by atoms with Crippen molar-refractivity contribution in [3.63, 3.8) is 0 Å². The van der Waals surface area contributed by atoms with Crippen LogP contribution in [0.5, 0.6) is 0 Å². The highest BCUT2D eigenvalue weighted by molar-refractivity contribution is 5.71. The van der Waals surface area contributed by atoms with Gasteiger partial charge in [-0.15, -0.1) is 0 Å². The highest BCUT2D eigenvalue weighted by Gasteiger charge is 2.29. The van der Waals surface area contributed by atoms with Crippen LogP contribution in [-0.4, -0.2) is 22.4 Å². The summed E-state index contributed by atoms with van der Waals surface area (Å²) in [7, 11) is 0. The summed E-state index contributed by atoms with van der Waals surface area (Å²) in [6.45, 7) is 4.47. The van der Waals surface area contributed by atoms with Crippen molar-refractivity contribution in [3.8, 4) is 0 Å². The van der Waals surface area contributed by atoms with E-state index in [9.17, 15) is 20.2 Å². The third kappa shape index (κ3) is 2.56. The molecule has 1 aromatic carbocycles. The number of nitro groups is 2. The molecule has 0 N–H and O–H groups in total. The molecule has 2 rings (SSSR count). The Kier molecular flexibility index (Phi) is 3.87. The Morgan fingerprint density at radius 1 is 1.20 bits per heavy atom. The maximum absolute atomic E-state index is 11.3. The molecule has 0 saturated carbocycles. The highest BCUT2D eigenvalue weighted by Crippen LogP contribution is 2.38. The third-order valence-corrected chi connectivity index (χ3v) is 3.76. The summed E-state index contributed by atoms with van der Waals surface area (Å²) in [5.41, 5.74) is 0.695.